The Kier molecular flexibility index (Phi) is 5.49. The van der Waals surface area contributed by atoms with Crippen molar-refractivity contribution in [1.29, 1.82) is 0 Å². The van der Waals surface area contributed by atoms with Crippen molar-refractivity contribution >= 4 is 5.91 Å². The van der Waals surface area contributed by atoms with Crippen LogP contribution in [0.15, 0.2) is 54.6 Å². The topological polar surface area (TPSA) is 75.4 Å². The molecule has 0 heterocycles. The second kappa shape index (κ2) is 7.57. The summed E-state index contributed by atoms with van der Waals surface area (Å²) in [5.74, 6) is -0.431. The molecule has 2 rings (SSSR count). The van der Waals surface area contributed by atoms with Crippen molar-refractivity contribution in [3.8, 4) is 0 Å². The molecule has 21 heavy (non-hydrogen) atoms. The van der Waals surface area contributed by atoms with E-state index in [0.717, 1.165) is 12.0 Å². The third-order valence-electron chi connectivity index (χ3n) is 3.35. The number of nitrogens with two attached hydrogens (primary N) is 1. The van der Waals surface area contributed by atoms with Crippen molar-refractivity contribution in [1.82, 2.24) is 5.32 Å². The number of benzene rings is 2. The lowest BCUT2D eigenvalue weighted by Crippen LogP contribution is -2.34. The quantitative estimate of drug-likeness (QED) is 0.721. The van der Waals surface area contributed by atoms with Crippen LogP contribution in [0.25, 0.3) is 0 Å². The zero-order chi connectivity index (χ0) is 15.1. The number of rotatable bonds is 7. The summed E-state index contributed by atoms with van der Waals surface area (Å²) in [4.78, 5) is 11.2. The Hall–Kier alpha value is -2.17. The monoisotopic (exact) mass is 284 g/mol. The molecule has 0 aliphatic rings. The largest absolute Gasteiger partial charge is 0.395 e. The number of nitrogens with one attached hydrogen (secondary N) is 1. The van der Waals surface area contributed by atoms with Crippen LogP contribution in [0.2, 0.25) is 0 Å². The molecule has 110 valence electrons. The number of aliphatic hydroxyl groups is 1. The van der Waals surface area contributed by atoms with Crippen LogP contribution in [0, 0.1) is 0 Å². The molecule has 1 amide bonds. The number of primary amides is 1. The normalized spacial score (nSPS) is 12.0. The fourth-order valence-electron chi connectivity index (χ4n) is 2.20. The summed E-state index contributed by atoms with van der Waals surface area (Å²) in [6.07, 6.45) is 0.757. The molecular formula is C17H20N2O2. The fraction of sp³-hybridized carbons (Fsp3) is 0.235. The Morgan fingerprint density at radius 1 is 1.10 bits per heavy atom. The van der Waals surface area contributed by atoms with Gasteiger partial charge in [0.1, 0.15) is 0 Å². The summed E-state index contributed by atoms with van der Waals surface area (Å²) >= 11 is 0. The SMILES string of the molecule is NC(=O)c1cccc(CNC(CO)Cc2ccccc2)c1. The first-order valence-corrected chi connectivity index (χ1v) is 6.96. The summed E-state index contributed by atoms with van der Waals surface area (Å²) in [5, 5.41) is 12.8. The minimum absolute atomic E-state index is 0.0235. The molecule has 0 radical (unpaired) electrons. The van der Waals surface area contributed by atoms with Gasteiger partial charge >= 0.3 is 0 Å². The van der Waals surface area contributed by atoms with E-state index in [0.29, 0.717) is 12.1 Å². The maximum Gasteiger partial charge on any atom is 0.248 e. The molecule has 1 unspecified atom stereocenters. The summed E-state index contributed by atoms with van der Waals surface area (Å²) in [6, 6.07) is 17.2. The molecule has 0 bridgehead atoms. The van der Waals surface area contributed by atoms with Crippen LogP contribution in [-0.2, 0) is 13.0 Å². The molecule has 4 N–H and O–H groups in total. The Bertz CT molecular complexity index is 584. The Morgan fingerprint density at radius 2 is 1.81 bits per heavy atom. The summed E-state index contributed by atoms with van der Waals surface area (Å²) in [5.41, 5.74) is 7.91. The van der Waals surface area contributed by atoms with E-state index in [4.69, 9.17) is 5.73 Å². The molecule has 4 heteroatoms. The van der Waals surface area contributed by atoms with Gasteiger partial charge in [-0.15, -0.1) is 0 Å². The van der Waals surface area contributed by atoms with Crippen molar-refractivity contribution in [2.45, 2.75) is 19.0 Å². The van der Waals surface area contributed by atoms with Crippen LogP contribution in [0.4, 0.5) is 0 Å². The molecule has 2 aromatic carbocycles. The zero-order valence-corrected chi connectivity index (χ0v) is 11.8. The predicted molar refractivity (Wildman–Crippen MR) is 82.8 cm³/mol. The highest BCUT2D eigenvalue weighted by molar-refractivity contribution is 5.92. The number of aliphatic hydroxyl groups excluding tert-OH is 1. The van der Waals surface area contributed by atoms with E-state index in [2.05, 4.69) is 5.32 Å². The molecular weight excluding hydrogens is 264 g/mol. The minimum atomic E-state index is -0.431. The molecule has 2 aromatic rings. The number of hydrogen-bond acceptors (Lipinski definition) is 3. The van der Waals surface area contributed by atoms with Crippen molar-refractivity contribution in [2.75, 3.05) is 6.61 Å². The molecule has 0 saturated carbocycles. The van der Waals surface area contributed by atoms with Crippen LogP contribution in [0.5, 0.6) is 0 Å². The average Bonchev–Trinajstić information content (AvgIpc) is 2.52. The first kappa shape index (κ1) is 15.2. The molecule has 0 spiro atoms. The second-order valence-electron chi connectivity index (χ2n) is 5.01. The van der Waals surface area contributed by atoms with Gasteiger partial charge in [0.25, 0.3) is 0 Å². The molecule has 4 nitrogen and oxygen atoms in total. The molecule has 0 fully saturated rings. The molecule has 0 aliphatic heterocycles. The Morgan fingerprint density at radius 3 is 2.48 bits per heavy atom. The Labute approximate surface area is 124 Å². The Balaban J connectivity index is 1.94. The van der Waals surface area contributed by atoms with Crippen molar-refractivity contribution in [3.05, 3.63) is 71.3 Å². The highest BCUT2D eigenvalue weighted by Gasteiger charge is 2.08. The van der Waals surface area contributed by atoms with Gasteiger partial charge in [0.15, 0.2) is 0 Å². The average molecular weight is 284 g/mol. The van der Waals surface area contributed by atoms with Gasteiger partial charge in [0.05, 0.1) is 6.61 Å². The lowest BCUT2D eigenvalue weighted by Gasteiger charge is -2.16. The summed E-state index contributed by atoms with van der Waals surface area (Å²) in [7, 11) is 0. The fourth-order valence-corrected chi connectivity index (χ4v) is 2.20. The summed E-state index contributed by atoms with van der Waals surface area (Å²) in [6.45, 7) is 0.642. The van der Waals surface area contributed by atoms with Gasteiger partial charge in [-0.2, -0.15) is 0 Å². The van der Waals surface area contributed by atoms with Crippen molar-refractivity contribution in [2.24, 2.45) is 5.73 Å². The van der Waals surface area contributed by atoms with Gasteiger partial charge in [0.2, 0.25) is 5.91 Å². The molecule has 0 aromatic heterocycles. The molecule has 1 atom stereocenters. The van der Waals surface area contributed by atoms with Gasteiger partial charge < -0.3 is 16.2 Å². The van der Waals surface area contributed by atoms with Gasteiger partial charge in [0, 0.05) is 18.2 Å². The third kappa shape index (κ3) is 4.70. The van der Waals surface area contributed by atoms with Crippen LogP contribution < -0.4 is 11.1 Å². The highest BCUT2D eigenvalue weighted by atomic mass is 16.3. The maximum absolute atomic E-state index is 11.2. The van der Waals surface area contributed by atoms with E-state index < -0.39 is 5.91 Å². The molecule has 0 aliphatic carbocycles. The second-order valence-corrected chi connectivity index (χ2v) is 5.01. The first-order valence-electron chi connectivity index (χ1n) is 6.96. The van der Waals surface area contributed by atoms with Crippen LogP contribution >= 0.6 is 0 Å². The smallest absolute Gasteiger partial charge is 0.248 e. The number of carbonyl (C=O) groups is 1. The van der Waals surface area contributed by atoms with Crippen LogP contribution in [-0.4, -0.2) is 23.7 Å². The lowest BCUT2D eigenvalue weighted by atomic mass is 10.1. The van der Waals surface area contributed by atoms with E-state index in [1.807, 2.05) is 42.5 Å². The zero-order valence-electron chi connectivity index (χ0n) is 11.8. The van der Waals surface area contributed by atoms with E-state index >= 15 is 0 Å². The predicted octanol–water partition coefficient (Wildman–Crippen LogP) is 1.48. The highest BCUT2D eigenvalue weighted by Crippen LogP contribution is 2.07. The third-order valence-corrected chi connectivity index (χ3v) is 3.35. The van der Waals surface area contributed by atoms with E-state index in [1.165, 1.54) is 5.56 Å². The first-order chi connectivity index (χ1) is 10.2. The van der Waals surface area contributed by atoms with Crippen LogP contribution in [0.3, 0.4) is 0 Å². The van der Waals surface area contributed by atoms with Gasteiger partial charge in [-0.1, -0.05) is 42.5 Å². The minimum Gasteiger partial charge on any atom is -0.395 e. The lowest BCUT2D eigenvalue weighted by molar-refractivity contribution is 0.1000. The molecule has 0 saturated heterocycles. The van der Waals surface area contributed by atoms with Gasteiger partial charge in [-0.3, -0.25) is 4.79 Å². The van der Waals surface area contributed by atoms with Crippen molar-refractivity contribution in [3.63, 3.8) is 0 Å². The number of hydrogen-bond donors (Lipinski definition) is 3. The van der Waals surface area contributed by atoms with E-state index in [-0.39, 0.29) is 12.6 Å². The van der Waals surface area contributed by atoms with Crippen LogP contribution in [0.1, 0.15) is 21.5 Å². The van der Waals surface area contributed by atoms with Crippen molar-refractivity contribution < 1.29 is 9.90 Å². The maximum atomic E-state index is 11.2. The number of amides is 1. The number of carbonyl (C=O) groups excluding carboxylic acids is 1. The summed E-state index contributed by atoms with van der Waals surface area (Å²) < 4.78 is 0. The van der Waals surface area contributed by atoms with E-state index in [9.17, 15) is 9.90 Å². The van der Waals surface area contributed by atoms with Gasteiger partial charge in [-0.25, -0.2) is 0 Å². The van der Waals surface area contributed by atoms with Gasteiger partial charge in [-0.05, 0) is 29.7 Å². The standard InChI is InChI=1S/C17H20N2O2/c18-17(21)15-8-4-7-14(9-15)11-19-16(12-20)10-13-5-2-1-3-6-13/h1-9,16,19-20H,10-12H2,(H2,18,21). The van der Waals surface area contributed by atoms with E-state index in [1.54, 1.807) is 12.1 Å².